The van der Waals surface area contributed by atoms with Crippen molar-refractivity contribution in [2.24, 2.45) is 0 Å². The van der Waals surface area contributed by atoms with Crippen molar-refractivity contribution < 1.29 is 0 Å². The first-order valence-corrected chi connectivity index (χ1v) is 5.97. The number of hydrogen-bond donors (Lipinski definition) is 0. The molecule has 0 amide bonds. The third-order valence-electron chi connectivity index (χ3n) is 2.02. The molecule has 0 spiro atoms. The quantitative estimate of drug-likeness (QED) is 0.673. The standard InChI is InChI=1S/C7H9N.C6H6BBr/c1-6-3-7(2)5-8-4-6;7-5-1-3-6(8)4-2-5/h3-5H,1-2H3;1-4H,7H2. The number of hydrogen-bond acceptors (Lipinski definition) is 1. The summed E-state index contributed by atoms with van der Waals surface area (Å²) in [7, 11) is 2.08. The van der Waals surface area contributed by atoms with Crippen LogP contribution in [0.3, 0.4) is 0 Å². The van der Waals surface area contributed by atoms with Crippen molar-refractivity contribution in [2.75, 3.05) is 0 Å². The number of pyridine rings is 1. The van der Waals surface area contributed by atoms with Gasteiger partial charge >= 0.3 is 0 Å². The molecule has 0 saturated carbocycles. The predicted octanol–water partition coefficient (Wildman–Crippen LogP) is 2.41. The number of benzene rings is 1. The van der Waals surface area contributed by atoms with Gasteiger partial charge in [0.1, 0.15) is 7.85 Å². The van der Waals surface area contributed by atoms with Crippen molar-refractivity contribution in [1.82, 2.24) is 4.98 Å². The van der Waals surface area contributed by atoms with Crippen molar-refractivity contribution in [3.8, 4) is 0 Å². The van der Waals surface area contributed by atoms with E-state index in [2.05, 4.69) is 47.0 Å². The van der Waals surface area contributed by atoms with Crippen LogP contribution >= 0.6 is 15.9 Å². The van der Waals surface area contributed by atoms with E-state index in [-0.39, 0.29) is 0 Å². The average molecular weight is 276 g/mol. The average Bonchev–Trinajstić information content (AvgIpc) is 2.23. The van der Waals surface area contributed by atoms with E-state index < -0.39 is 0 Å². The molecule has 0 fully saturated rings. The molecule has 0 N–H and O–H groups in total. The van der Waals surface area contributed by atoms with Gasteiger partial charge in [-0.2, -0.15) is 0 Å². The molecule has 0 unspecified atom stereocenters. The molecule has 0 aliphatic rings. The molecular formula is C13H15BBrN. The Balaban J connectivity index is 0.000000160. The molecule has 0 aliphatic heterocycles. The van der Waals surface area contributed by atoms with Gasteiger partial charge in [0.05, 0.1) is 0 Å². The molecule has 0 radical (unpaired) electrons. The Labute approximate surface area is 106 Å². The van der Waals surface area contributed by atoms with Crippen LogP contribution in [0.15, 0.2) is 47.2 Å². The van der Waals surface area contributed by atoms with Crippen molar-refractivity contribution in [3.05, 3.63) is 58.3 Å². The van der Waals surface area contributed by atoms with Crippen LogP contribution in [0.5, 0.6) is 0 Å². The second-order valence-corrected chi connectivity index (χ2v) is 4.75. The van der Waals surface area contributed by atoms with Gasteiger partial charge in [0.2, 0.25) is 0 Å². The van der Waals surface area contributed by atoms with E-state index >= 15 is 0 Å². The smallest absolute Gasteiger partial charge is 0.139 e. The molecule has 16 heavy (non-hydrogen) atoms. The number of nitrogens with zero attached hydrogens (tertiary/aromatic N) is 1. The summed E-state index contributed by atoms with van der Waals surface area (Å²) >= 11 is 3.35. The molecule has 0 bridgehead atoms. The van der Waals surface area contributed by atoms with E-state index in [0.717, 1.165) is 4.47 Å². The van der Waals surface area contributed by atoms with Crippen molar-refractivity contribution >= 4 is 29.2 Å². The van der Waals surface area contributed by atoms with Crippen molar-refractivity contribution in [3.63, 3.8) is 0 Å². The minimum atomic E-state index is 1.14. The minimum absolute atomic E-state index is 1.14. The van der Waals surface area contributed by atoms with Crippen LogP contribution in [0.25, 0.3) is 0 Å². The molecule has 0 atom stereocenters. The molecule has 82 valence electrons. The number of rotatable bonds is 0. The van der Waals surface area contributed by atoms with E-state index in [1.165, 1.54) is 16.6 Å². The summed E-state index contributed by atoms with van der Waals surface area (Å²) < 4.78 is 1.14. The van der Waals surface area contributed by atoms with E-state index in [1.54, 1.807) is 0 Å². The monoisotopic (exact) mass is 275 g/mol. The summed E-state index contributed by atoms with van der Waals surface area (Å²) in [5.41, 5.74) is 3.75. The topological polar surface area (TPSA) is 12.9 Å². The first kappa shape index (κ1) is 13.0. The summed E-state index contributed by atoms with van der Waals surface area (Å²) in [6.07, 6.45) is 3.71. The van der Waals surface area contributed by atoms with E-state index in [1.807, 2.05) is 38.4 Å². The molecule has 0 aliphatic carbocycles. The number of aryl methyl sites for hydroxylation is 2. The summed E-state index contributed by atoms with van der Waals surface area (Å²) in [6.45, 7) is 4.08. The van der Waals surface area contributed by atoms with Gasteiger partial charge in [-0.1, -0.05) is 39.6 Å². The zero-order valence-corrected chi connectivity index (χ0v) is 11.5. The summed E-state index contributed by atoms with van der Waals surface area (Å²) in [6, 6.07) is 10.3. The van der Waals surface area contributed by atoms with Crippen LogP contribution in [-0.2, 0) is 0 Å². The fourth-order valence-corrected chi connectivity index (χ4v) is 1.50. The third kappa shape index (κ3) is 5.12. The second-order valence-electron chi connectivity index (χ2n) is 3.84. The lowest BCUT2D eigenvalue weighted by Crippen LogP contribution is -1.97. The highest BCUT2D eigenvalue weighted by Crippen LogP contribution is 2.04. The fourth-order valence-electron chi connectivity index (χ4n) is 1.24. The number of aromatic nitrogens is 1. The summed E-state index contributed by atoms with van der Waals surface area (Å²) in [5.74, 6) is 0. The maximum atomic E-state index is 3.98. The first-order chi connectivity index (χ1) is 7.58. The lowest BCUT2D eigenvalue weighted by molar-refractivity contribution is 1.22. The Morgan fingerprint density at radius 1 is 1.00 bits per heavy atom. The highest BCUT2D eigenvalue weighted by Gasteiger charge is 1.82. The summed E-state index contributed by atoms with van der Waals surface area (Å²) in [5, 5.41) is 0. The highest BCUT2D eigenvalue weighted by molar-refractivity contribution is 9.10. The molecule has 1 heterocycles. The Hall–Kier alpha value is -1.09. The van der Waals surface area contributed by atoms with Gasteiger partial charge in [-0.05, 0) is 37.1 Å². The van der Waals surface area contributed by atoms with Crippen LogP contribution in [-0.4, -0.2) is 12.8 Å². The largest absolute Gasteiger partial charge is 0.264 e. The fraction of sp³-hybridized carbons (Fsp3) is 0.154. The lowest BCUT2D eigenvalue weighted by atomic mass is 9.97. The Morgan fingerprint density at radius 2 is 1.50 bits per heavy atom. The van der Waals surface area contributed by atoms with Gasteiger partial charge in [-0.25, -0.2) is 0 Å². The Morgan fingerprint density at radius 3 is 1.81 bits per heavy atom. The number of halogens is 1. The van der Waals surface area contributed by atoms with Gasteiger partial charge in [-0.15, -0.1) is 0 Å². The SMILES string of the molecule is Bc1ccc(Br)cc1.Cc1cncc(C)c1. The van der Waals surface area contributed by atoms with Crippen molar-refractivity contribution in [2.45, 2.75) is 13.8 Å². The van der Waals surface area contributed by atoms with Gasteiger partial charge in [0, 0.05) is 16.9 Å². The van der Waals surface area contributed by atoms with Crippen LogP contribution in [0.2, 0.25) is 0 Å². The molecule has 3 heteroatoms. The zero-order chi connectivity index (χ0) is 12.0. The van der Waals surface area contributed by atoms with E-state index in [4.69, 9.17) is 0 Å². The lowest BCUT2D eigenvalue weighted by Gasteiger charge is -1.89. The summed E-state index contributed by atoms with van der Waals surface area (Å²) in [4.78, 5) is 3.98. The van der Waals surface area contributed by atoms with Gasteiger partial charge in [-0.3, -0.25) is 4.98 Å². The van der Waals surface area contributed by atoms with Gasteiger partial charge in [0.15, 0.2) is 0 Å². The third-order valence-corrected chi connectivity index (χ3v) is 2.55. The molecule has 0 saturated heterocycles. The van der Waals surface area contributed by atoms with Gasteiger partial charge in [0.25, 0.3) is 0 Å². The van der Waals surface area contributed by atoms with Crippen LogP contribution in [0.1, 0.15) is 11.1 Å². The van der Waals surface area contributed by atoms with Gasteiger partial charge < -0.3 is 0 Å². The van der Waals surface area contributed by atoms with Crippen LogP contribution in [0.4, 0.5) is 0 Å². The maximum absolute atomic E-state index is 3.98. The predicted molar refractivity (Wildman–Crippen MR) is 76.0 cm³/mol. The molecule has 1 aromatic heterocycles. The Kier molecular flexibility index (Phi) is 5.26. The first-order valence-electron chi connectivity index (χ1n) is 5.18. The molecular weight excluding hydrogens is 261 g/mol. The molecule has 2 aromatic rings. The van der Waals surface area contributed by atoms with E-state index in [0.29, 0.717) is 0 Å². The molecule has 1 nitrogen and oxygen atoms in total. The van der Waals surface area contributed by atoms with Crippen molar-refractivity contribution in [1.29, 1.82) is 0 Å². The zero-order valence-electron chi connectivity index (χ0n) is 9.87. The highest BCUT2D eigenvalue weighted by atomic mass is 79.9. The minimum Gasteiger partial charge on any atom is -0.264 e. The molecule has 1 aromatic carbocycles. The van der Waals surface area contributed by atoms with Crippen LogP contribution < -0.4 is 5.46 Å². The van der Waals surface area contributed by atoms with E-state index in [9.17, 15) is 0 Å². The Bertz CT molecular complexity index is 402. The maximum Gasteiger partial charge on any atom is 0.139 e. The second kappa shape index (κ2) is 6.49. The molecule has 2 rings (SSSR count). The normalized spacial score (nSPS) is 9.19. The van der Waals surface area contributed by atoms with Crippen LogP contribution in [0, 0.1) is 13.8 Å².